The predicted octanol–water partition coefficient (Wildman–Crippen LogP) is 3.13. The van der Waals surface area contributed by atoms with Gasteiger partial charge in [-0.3, -0.25) is 4.90 Å². The smallest absolute Gasteiger partial charge is 0.348 e. The molecule has 0 aliphatic carbocycles. The Morgan fingerprint density at radius 1 is 1.13 bits per heavy atom. The number of alkyl halides is 3. The average Bonchev–Trinajstić information content (AvgIpc) is 2.91. The topological polar surface area (TPSA) is 20.2 Å². The maximum absolute atomic E-state index is 12.2. The molecule has 0 saturated carbocycles. The normalized spacial score (nSPS) is 15.6. The third-order valence-corrected chi connectivity index (χ3v) is 4.70. The molecule has 0 amide bonds. The van der Waals surface area contributed by atoms with Gasteiger partial charge in [0.05, 0.1) is 6.54 Å². The number of halogens is 3. The van der Waals surface area contributed by atoms with Crippen LogP contribution in [0.5, 0.6) is 0 Å². The lowest BCUT2D eigenvalue weighted by atomic mass is 10.0. The number of rotatable bonds is 4. The number of benzene rings is 1. The number of hydrogen-bond acceptors (Lipinski definition) is 2. The molecule has 1 aromatic heterocycles. The van der Waals surface area contributed by atoms with Gasteiger partial charge in [0.25, 0.3) is 0 Å². The molecule has 3 nitrogen and oxygen atoms in total. The van der Waals surface area contributed by atoms with Gasteiger partial charge in [-0.05, 0) is 55.8 Å². The van der Waals surface area contributed by atoms with E-state index in [1.807, 2.05) is 14.0 Å². The molecule has 1 aromatic carbocycles. The van der Waals surface area contributed by atoms with Crippen molar-refractivity contribution in [2.75, 3.05) is 20.1 Å². The molecule has 23 heavy (non-hydrogen) atoms. The van der Waals surface area contributed by atoms with Crippen molar-refractivity contribution in [3.8, 4) is 0 Å². The Hall–Kier alpha value is -1.53. The van der Waals surface area contributed by atoms with Crippen molar-refractivity contribution in [1.29, 1.82) is 0 Å². The van der Waals surface area contributed by atoms with Gasteiger partial charge < -0.3 is 9.88 Å². The minimum absolute atomic E-state index is 0.330. The molecule has 0 radical (unpaired) electrons. The van der Waals surface area contributed by atoms with Crippen LogP contribution in [0.15, 0.2) is 12.1 Å². The molecule has 6 heteroatoms. The van der Waals surface area contributed by atoms with Crippen LogP contribution in [0, 0.1) is 6.92 Å². The number of nitrogens with one attached hydrogen (secondary N) is 1. The summed E-state index contributed by atoms with van der Waals surface area (Å²) in [7, 11) is 4.12. The lowest BCUT2D eigenvalue weighted by Crippen LogP contribution is -2.30. The van der Waals surface area contributed by atoms with Gasteiger partial charge in [0.1, 0.15) is 0 Å². The Morgan fingerprint density at radius 3 is 2.43 bits per heavy atom. The Morgan fingerprint density at radius 2 is 1.78 bits per heavy atom. The first kappa shape index (κ1) is 16.3. The lowest BCUT2D eigenvalue weighted by Gasteiger charge is -2.08. The monoisotopic (exact) mass is 325 g/mol. The van der Waals surface area contributed by atoms with Crippen LogP contribution in [0.2, 0.25) is 0 Å². The van der Waals surface area contributed by atoms with Gasteiger partial charge in [-0.2, -0.15) is 13.2 Å². The first-order chi connectivity index (χ1) is 10.8. The van der Waals surface area contributed by atoms with Crippen LogP contribution in [0.4, 0.5) is 13.2 Å². The molecule has 1 N–H and O–H groups in total. The van der Waals surface area contributed by atoms with Crippen molar-refractivity contribution >= 4 is 10.9 Å². The summed E-state index contributed by atoms with van der Waals surface area (Å²) in [5.41, 5.74) is 6.13. The van der Waals surface area contributed by atoms with E-state index >= 15 is 0 Å². The zero-order valence-corrected chi connectivity index (χ0v) is 13.7. The van der Waals surface area contributed by atoms with Gasteiger partial charge in [-0.25, -0.2) is 0 Å². The van der Waals surface area contributed by atoms with Gasteiger partial charge in [-0.15, -0.1) is 0 Å². The van der Waals surface area contributed by atoms with E-state index in [0.29, 0.717) is 13.0 Å². The maximum atomic E-state index is 12.2. The molecule has 0 unspecified atom stereocenters. The molecular weight excluding hydrogens is 303 g/mol. The molecule has 1 aliphatic rings. The highest BCUT2D eigenvalue weighted by atomic mass is 19.4. The molecular formula is C17H22F3N3. The number of aromatic nitrogens is 1. The van der Waals surface area contributed by atoms with Crippen LogP contribution in [0.25, 0.3) is 10.9 Å². The van der Waals surface area contributed by atoms with Crippen LogP contribution in [-0.4, -0.2) is 35.8 Å². The largest absolute Gasteiger partial charge is 0.401 e. The van der Waals surface area contributed by atoms with E-state index in [2.05, 4.69) is 34.0 Å². The van der Waals surface area contributed by atoms with Crippen LogP contribution in [-0.2, 0) is 26.6 Å². The van der Waals surface area contributed by atoms with E-state index in [0.717, 1.165) is 24.3 Å². The van der Waals surface area contributed by atoms with E-state index < -0.39 is 12.7 Å². The molecule has 0 spiro atoms. The number of nitrogens with zero attached hydrogens (tertiary/aromatic N) is 2. The molecule has 1 aliphatic heterocycles. The van der Waals surface area contributed by atoms with Crippen LogP contribution >= 0.6 is 0 Å². The van der Waals surface area contributed by atoms with Gasteiger partial charge in [0, 0.05) is 36.7 Å². The molecule has 3 rings (SSSR count). The Balaban J connectivity index is 1.85. The van der Waals surface area contributed by atoms with Gasteiger partial charge >= 0.3 is 6.18 Å². The van der Waals surface area contributed by atoms with Crippen molar-refractivity contribution < 1.29 is 13.2 Å². The van der Waals surface area contributed by atoms with E-state index in [1.54, 1.807) is 0 Å². The first-order valence-electron chi connectivity index (χ1n) is 7.82. The zero-order valence-electron chi connectivity index (χ0n) is 13.7. The second kappa shape index (κ2) is 5.83. The van der Waals surface area contributed by atoms with E-state index in [-0.39, 0.29) is 0 Å². The second-order valence-electron chi connectivity index (χ2n) is 6.48. The summed E-state index contributed by atoms with van der Waals surface area (Å²) >= 11 is 0. The standard InChI is InChI=1S/C17H22F3N3/c1-11-14(4-5-21-10-17(18,19)20)15-6-12-8-22(2)9-13(12)7-16(15)23(11)3/h6-7,21H,4-5,8-10H2,1-3H3. The molecule has 2 aromatic rings. The summed E-state index contributed by atoms with van der Waals surface area (Å²) in [5.74, 6) is 0. The number of hydrogen-bond donors (Lipinski definition) is 1. The Labute approximate surface area is 134 Å². The third-order valence-electron chi connectivity index (χ3n) is 4.70. The fourth-order valence-electron chi connectivity index (χ4n) is 3.46. The highest BCUT2D eigenvalue weighted by Crippen LogP contribution is 2.32. The molecule has 0 saturated heterocycles. The second-order valence-corrected chi connectivity index (χ2v) is 6.48. The fourth-order valence-corrected chi connectivity index (χ4v) is 3.46. The van der Waals surface area contributed by atoms with Crippen molar-refractivity contribution in [2.45, 2.75) is 32.6 Å². The number of aryl methyl sites for hydroxylation is 1. The van der Waals surface area contributed by atoms with Gasteiger partial charge in [-0.1, -0.05) is 0 Å². The van der Waals surface area contributed by atoms with Crippen molar-refractivity contribution in [3.05, 3.63) is 34.5 Å². The van der Waals surface area contributed by atoms with Crippen molar-refractivity contribution in [2.24, 2.45) is 7.05 Å². The predicted molar refractivity (Wildman–Crippen MR) is 85.5 cm³/mol. The molecule has 0 bridgehead atoms. The van der Waals surface area contributed by atoms with Crippen LogP contribution < -0.4 is 5.32 Å². The first-order valence-corrected chi connectivity index (χ1v) is 7.82. The van der Waals surface area contributed by atoms with Gasteiger partial charge in [0.2, 0.25) is 0 Å². The zero-order chi connectivity index (χ0) is 16.8. The van der Waals surface area contributed by atoms with E-state index in [1.165, 1.54) is 22.0 Å². The summed E-state index contributed by atoms with van der Waals surface area (Å²) in [4.78, 5) is 2.26. The summed E-state index contributed by atoms with van der Waals surface area (Å²) in [6.07, 6.45) is -3.55. The molecule has 2 heterocycles. The SMILES string of the molecule is Cc1c(CCNCC(F)(F)F)c2cc3c(cc2n1C)CN(C)C3. The summed E-state index contributed by atoms with van der Waals surface area (Å²) in [6.45, 7) is 3.33. The Bertz CT molecular complexity index is 731. The molecule has 126 valence electrons. The van der Waals surface area contributed by atoms with Crippen LogP contribution in [0.1, 0.15) is 22.4 Å². The summed E-state index contributed by atoms with van der Waals surface area (Å²) < 4.78 is 38.8. The Kier molecular flexibility index (Phi) is 4.14. The molecule has 0 fully saturated rings. The average molecular weight is 325 g/mol. The van der Waals surface area contributed by atoms with Crippen molar-refractivity contribution in [3.63, 3.8) is 0 Å². The lowest BCUT2D eigenvalue weighted by molar-refractivity contribution is -0.124. The highest BCUT2D eigenvalue weighted by Gasteiger charge is 2.26. The summed E-state index contributed by atoms with van der Waals surface area (Å²) in [6, 6.07) is 4.45. The van der Waals surface area contributed by atoms with Crippen LogP contribution in [0.3, 0.4) is 0 Å². The fraction of sp³-hybridized carbons (Fsp3) is 0.529. The van der Waals surface area contributed by atoms with E-state index in [4.69, 9.17) is 0 Å². The maximum Gasteiger partial charge on any atom is 0.401 e. The minimum Gasteiger partial charge on any atom is -0.348 e. The van der Waals surface area contributed by atoms with Gasteiger partial charge in [0.15, 0.2) is 0 Å². The quantitative estimate of drug-likeness (QED) is 0.872. The van der Waals surface area contributed by atoms with E-state index in [9.17, 15) is 13.2 Å². The number of fused-ring (bicyclic) bond motifs is 2. The highest BCUT2D eigenvalue weighted by molar-refractivity contribution is 5.87. The van der Waals surface area contributed by atoms with Crippen molar-refractivity contribution in [1.82, 2.24) is 14.8 Å². The minimum atomic E-state index is -4.15. The molecule has 0 atom stereocenters. The third kappa shape index (κ3) is 3.23. The summed E-state index contributed by atoms with van der Waals surface area (Å²) in [5, 5.41) is 3.67.